The number of hydrogen-bond acceptors (Lipinski definition) is 4. The lowest BCUT2D eigenvalue weighted by Gasteiger charge is -2.39. The molecule has 0 aromatic carbocycles. The first-order chi connectivity index (χ1) is 6.39. The second kappa shape index (κ2) is 5.41. The lowest BCUT2D eigenvalue weighted by atomic mass is 10.1. The van der Waals surface area contributed by atoms with Crippen molar-refractivity contribution in [2.24, 2.45) is 0 Å². The molecule has 0 N–H and O–H groups in total. The van der Waals surface area contributed by atoms with Gasteiger partial charge in [-0.15, -0.1) is 0 Å². The first kappa shape index (κ1) is 13.5. The van der Waals surface area contributed by atoms with Crippen LogP contribution in [0.4, 0.5) is 0 Å². The maximum Gasteiger partial charge on any atom is 0.330 e. The summed E-state index contributed by atoms with van der Waals surface area (Å²) in [6.45, 7) is 9.51. The van der Waals surface area contributed by atoms with E-state index in [0.29, 0.717) is 0 Å². The molecular formula is C9H17N2O2P. The Morgan fingerprint density at radius 2 is 1.79 bits per heavy atom. The van der Waals surface area contributed by atoms with Gasteiger partial charge in [0, 0.05) is 12.1 Å². The van der Waals surface area contributed by atoms with Crippen molar-refractivity contribution in [3.63, 3.8) is 0 Å². The van der Waals surface area contributed by atoms with E-state index in [1.165, 1.54) is 0 Å². The van der Waals surface area contributed by atoms with Gasteiger partial charge in [0.05, 0.1) is 0 Å². The van der Waals surface area contributed by atoms with Crippen LogP contribution in [0, 0.1) is 11.3 Å². The Labute approximate surface area is 87.1 Å². The minimum atomic E-state index is -1.13. The zero-order chi connectivity index (χ0) is 11.4. The van der Waals surface area contributed by atoms with Gasteiger partial charge in [0.2, 0.25) is 5.72 Å². The van der Waals surface area contributed by atoms with Crippen molar-refractivity contribution in [3.8, 4) is 6.07 Å². The molecule has 0 bridgehead atoms. The van der Waals surface area contributed by atoms with Crippen LogP contribution in [0.1, 0.15) is 34.6 Å². The van der Waals surface area contributed by atoms with E-state index in [-0.39, 0.29) is 12.1 Å². The molecule has 0 spiro atoms. The van der Waals surface area contributed by atoms with Gasteiger partial charge in [-0.1, -0.05) is 0 Å². The molecule has 0 rings (SSSR count). The summed E-state index contributed by atoms with van der Waals surface area (Å²) in [6, 6.07) is 2.35. The summed E-state index contributed by atoms with van der Waals surface area (Å²) in [5, 5.41) is 9.02. The van der Waals surface area contributed by atoms with Crippen LogP contribution in [0.25, 0.3) is 0 Å². The summed E-state index contributed by atoms with van der Waals surface area (Å²) in [7, 11) is -0.469. The van der Waals surface area contributed by atoms with Gasteiger partial charge < -0.3 is 0 Å². The first-order valence-electron chi connectivity index (χ1n) is 4.59. The fourth-order valence-corrected chi connectivity index (χ4v) is 2.06. The zero-order valence-corrected chi connectivity index (χ0v) is 10.2. The van der Waals surface area contributed by atoms with Crippen LogP contribution in [0.15, 0.2) is 0 Å². The number of nitriles is 1. The van der Waals surface area contributed by atoms with Gasteiger partial charge >= 0.3 is 8.69 Å². The third-order valence-electron chi connectivity index (χ3n) is 2.03. The Morgan fingerprint density at radius 3 is 2.00 bits per heavy atom. The van der Waals surface area contributed by atoms with Crippen molar-refractivity contribution in [2.45, 2.75) is 52.4 Å². The Morgan fingerprint density at radius 1 is 1.36 bits per heavy atom. The quantitative estimate of drug-likeness (QED) is 0.523. The molecule has 0 aromatic rings. The van der Waals surface area contributed by atoms with Gasteiger partial charge in [0.1, 0.15) is 6.07 Å². The van der Waals surface area contributed by atoms with E-state index in [2.05, 4.69) is 0 Å². The molecule has 0 fully saturated rings. The van der Waals surface area contributed by atoms with Crippen molar-refractivity contribution in [3.05, 3.63) is 0 Å². The minimum absolute atomic E-state index is 0.154. The average molecular weight is 216 g/mol. The van der Waals surface area contributed by atoms with Crippen LogP contribution < -0.4 is 0 Å². The number of rotatable bonds is 5. The molecule has 0 radical (unpaired) electrons. The van der Waals surface area contributed by atoms with Gasteiger partial charge in [-0.25, -0.2) is 4.57 Å². The normalized spacial score (nSPS) is 16.2. The predicted molar refractivity (Wildman–Crippen MR) is 54.8 cm³/mol. The average Bonchev–Trinajstić information content (AvgIpc) is 2.03. The van der Waals surface area contributed by atoms with Crippen molar-refractivity contribution in [1.82, 2.24) is 4.90 Å². The molecule has 1 atom stereocenters. The van der Waals surface area contributed by atoms with Crippen LogP contribution in [0.2, 0.25) is 0 Å². The highest BCUT2D eigenvalue weighted by molar-refractivity contribution is 7.17. The Balaban J connectivity index is 4.95. The molecule has 1 unspecified atom stereocenters. The predicted octanol–water partition coefficient (Wildman–Crippen LogP) is 2.57. The third kappa shape index (κ3) is 3.02. The summed E-state index contributed by atoms with van der Waals surface area (Å²) in [5.41, 5.74) is -1.13. The molecule has 80 valence electrons. The summed E-state index contributed by atoms with van der Waals surface area (Å²) in [6.07, 6.45) is 0. The molecule has 4 nitrogen and oxygen atoms in total. The SMILES string of the molecule is CC(C)N(C(C)C)C(C)(C#N)OP=O. The molecule has 0 aromatic heterocycles. The molecule has 0 aliphatic heterocycles. The smallest absolute Gasteiger partial charge is 0.258 e. The lowest BCUT2D eigenvalue weighted by molar-refractivity contribution is -0.0548. The van der Waals surface area contributed by atoms with E-state index in [9.17, 15) is 4.57 Å². The molecule has 0 aliphatic rings. The second-order valence-electron chi connectivity index (χ2n) is 3.86. The van der Waals surface area contributed by atoms with E-state index >= 15 is 0 Å². The Bertz CT molecular complexity index is 229. The van der Waals surface area contributed by atoms with E-state index in [1.807, 2.05) is 38.7 Å². The fourth-order valence-electron chi connectivity index (χ4n) is 1.78. The highest BCUT2D eigenvalue weighted by Crippen LogP contribution is 2.25. The summed E-state index contributed by atoms with van der Waals surface area (Å²) in [4.78, 5) is 1.87. The van der Waals surface area contributed by atoms with Crippen LogP contribution in [-0.2, 0) is 9.09 Å². The summed E-state index contributed by atoms with van der Waals surface area (Å²) >= 11 is 0. The van der Waals surface area contributed by atoms with E-state index in [0.717, 1.165) is 0 Å². The van der Waals surface area contributed by atoms with Crippen LogP contribution in [-0.4, -0.2) is 22.7 Å². The molecular weight excluding hydrogens is 199 g/mol. The largest absolute Gasteiger partial charge is 0.330 e. The van der Waals surface area contributed by atoms with Crippen molar-refractivity contribution in [2.75, 3.05) is 0 Å². The van der Waals surface area contributed by atoms with Gasteiger partial charge in [0.25, 0.3) is 0 Å². The van der Waals surface area contributed by atoms with Gasteiger partial charge in [-0.05, 0) is 34.6 Å². The molecule has 0 saturated carbocycles. The fraction of sp³-hybridized carbons (Fsp3) is 0.889. The second-order valence-corrected chi connectivity index (χ2v) is 4.19. The van der Waals surface area contributed by atoms with Gasteiger partial charge in [-0.3, -0.25) is 9.42 Å². The topological polar surface area (TPSA) is 53.3 Å². The number of nitrogens with zero attached hydrogens (tertiary/aromatic N) is 2. The van der Waals surface area contributed by atoms with Crippen molar-refractivity contribution < 1.29 is 9.09 Å². The van der Waals surface area contributed by atoms with E-state index in [4.69, 9.17) is 9.79 Å². The lowest BCUT2D eigenvalue weighted by Crippen LogP contribution is -2.53. The monoisotopic (exact) mass is 216 g/mol. The van der Waals surface area contributed by atoms with Crippen molar-refractivity contribution in [1.29, 1.82) is 5.26 Å². The zero-order valence-electron chi connectivity index (χ0n) is 9.31. The Kier molecular flexibility index (Phi) is 5.22. The molecule has 0 amide bonds. The van der Waals surface area contributed by atoms with Gasteiger partial charge in [0.15, 0.2) is 0 Å². The molecule has 0 heterocycles. The molecule has 14 heavy (non-hydrogen) atoms. The van der Waals surface area contributed by atoms with Gasteiger partial charge in [-0.2, -0.15) is 5.26 Å². The minimum Gasteiger partial charge on any atom is -0.258 e. The standard InChI is InChI=1S/C9H17N2O2P/c1-7(2)11(8(3)4)9(5,6-10)13-14-12/h7-8H,1-5H3. The molecule has 0 saturated heterocycles. The van der Waals surface area contributed by atoms with Crippen molar-refractivity contribution >= 4 is 8.69 Å². The van der Waals surface area contributed by atoms with Crippen LogP contribution >= 0.6 is 8.69 Å². The van der Waals surface area contributed by atoms with Crippen LogP contribution in [0.3, 0.4) is 0 Å². The van der Waals surface area contributed by atoms with E-state index in [1.54, 1.807) is 6.92 Å². The maximum absolute atomic E-state index is 10.4. The third-order valence-corrected chi connectivity index (χ3v) is 2.46. The highest BCUT2D eigenvalue weighted by Gasteiger charge is 2.37. The highest BCUT2D eigenvalue weighted by atomic mass is 31.1. The van der Waals surface area contributed by atoms with Crippen LogP contribution in [0.5, 0.6) is 0 Å². The molecule has 0 aliphatic carbocycles. The van der Waals surface area contributed by atoms with E-state index < -0.39 is 14.4 Å². The first-order valence-corrected chi connectivity index (χ1v) is 5.32. The number of hydrogen-bond donors (Lipinski definition) is 0. The maximum atomic E-state index is 10.4. The Hall–Kier alpha value is -0.490. The molecule has 5 heteroatoms. The summed E-state index contributed by atoms with van der Waals surface area (Å²) < 4.78 is 15.4. The summed E-state index contributed by atoms with van der Waals surface area (Å²) in [5.74, 6) is 0.